The quantitative estimate of drug-likeness (QED) is 0.170. The van der Waals surface area contributed by atoms with E-state index >= 15 is 0 Å². The number of rotatable bonds is 15. The lowest BCUT2D eigenvalue weighted by atomic mass is 9.83. The number of aliphatic hydroxyl groups excluding tert-OH is 1. The molecule has 2 aliphatic rings. The second-order valence-electron chi connectivity index (χ2n) is 14.9. The number of hydrogen-bond acceptors (Lipinski definition) is 9. The molecular weight excluding hydrogens is 683 g/mol. The van der Waals surface area contributed by atoms with Crippen molar-refractivity contribution >= 4 is 35.8 Å². The summed E-state index contributed by atoms with van der Waals surface area (Å²) in [5.41, 5.74) is 0.186. The summed E-state index contributed by atoms with van der Waals surface area (Å²) >= 11 is 1.56. The van der Waals surface area contributed by atoms with Crippen LogP contribution in [-0.2, 0) is 25.5 Å². The van der Waals surface area contributed by atoms with Gasteiger partial charge in [-0.25, -0.2) is 14.6 Å². The third-order valence-corrected chi connectivity index (χ3v) is 10.4. The SMILES string of the molecule is C[C@H](NC(=O)[C@H](Cc1ccccc1)OC(=O)N1CCC(NC(=O)OC(C)(C)C)CC1)C(=O)N[C@@H](CC1CCCCC1)[C@@H](O)CCSc1ccccn1. The largest absolute Gasteiger partial charge is 0.444 e. The molecule has 1 aromatic heterocycles. The number of nitrogens with zero attached hydrogens (tertiary/aromatic N) is 2. The van der Waals surface area contributed by atoms with Crippen LogP contribution >= 0.6 is 11.8 Å². The van der Waals surface area contributed by atoms with Crippen LogP contribution in [0.25, 0.3) is 0 Å². The highest BCUT2D eigenvalue weighted by Gasteiger charge is 2.33. The Balaban J connectivity index is 1.34. The van der Waals surface area contributed by atoms with Crippen molar-refractivity contribution in [3.63, 3.8) is 0 Å². The zero-order chi connectivity index (χ0) is 37.5. The molecule has 52 heavy (non-hydrogen) atoms. The maximum absolute atomic E-state index is 13.7. The van der Waals surface area contributed by atoms with Gasteiger partial charge in [-0.15, -0.1) is 11.8 Å². The predicted octanol–water partition coefficient (Wildman–Crippen LogP) is 5.62. The molecule has 13 heteroatoms. The Hall–Kier alpha value is -3.84. The zero-order valence-electron chi connectivity index (χ0n) is 31.1. The number of carbonyl (C=O) groups is 4. The summed E-state index contributed by atoms with van der Waals surface area (Å²) in [6.45, 7) is 7.66. The summed E-state index contributed by atoms with van der Waals surface area (Å²) < 4.78 is 11.2. The number of ether oxygens (including phenoxy) is 2. The van der Waals surface area contributed by atoms with Gasteiger partial charge in [-0.05, 0) is 77.0 Å². The van der Waals surface area contributed by atoms with Crippen molar-refractivity contribution < 1.29 is 33.8 Å². The molecule has 2 aromatic rings. The van der Waals surface area contributed by atoms with Gasteiger partial charge in [-0.3, -0.25) is 9.59 Å². The number of amides is 4. The molecule has 1 aliphatic heterocycles. The first-order valence-corrected chi connectivity index (χ1v) is 19.7. The van der Waals surface area contributed by atoms with Crippen LogP contribution < -0.4 is 16.0 Å². The molecule has 0 unspecified atom stereocenters. The zero-order valence-corrected chi connectivity index (χ0v) is 31.9. The van der Waals surface area contributed by atoms with Crippen molar-refractivity contribution in [2.24, 2.45) is 5.92 Å². The molecule has 4 rings (SSSR count). The Labute approximate surface area is 312 Å². The van der Waals surface area contributed by atoms with Crippen LogP contribution in [0.3, 0.4) is 0 Å². The molecule has 2 fully saturated rings. The summed E-state index contributed by atoms with van der Waals surface area (Å²) in [6, 6.07) is 13.4. The maximum Gasteiger partial charge on any atom is 0.410 e. The van der Waals surface area contributed by atoms with Crippen molar-refractivity contribution in [3.8, 4) is 0 Å². The molecule has 1 aliphatic carbocycles. The molecule has 12 nitrogen and oxygen atoms in total. The fourth-order valence-electron chi connectivity index (χ4n) is 6.58. The van der Waals surface area contributed by atoms with Gasteiger partial charge in [0.25, 0.3) is 5.91 Å². The Bertz CT molecular complexity index is 1410. The van der Waals surface area contributed by atoms with Crippen LogP contribution in [0.2, 0.25) is 0 Å². The van der Waals surface area contributed by atoms with Crippen LogP contribution in [0.15, 0.2) is 59.8 Å². The minimum Gasteiger partial charge on any atom is -0.444 e. The first-order chi connectivity index (χ1) is 24.9. The van der Waals surface area contributed by atoms with E-state index < -0.39 is 53.9 Å². The molecule has 1 saturated carbocycles. The van der Waals surface area contributed by atoms with Gasteiger partial charge in [0, 0.05) is 37.5 Å². The monoisotopic (exact) mass is 739 g/mol. The number of aromatic nitrogens is 1. The summed E-state index contributed by atoms with van der Waals surface area (Å²) in [7, 11) is 0. The Kier molecular flexibility index (Phi) is 16.1. The number of pyridine rings is 1. The first-order valence-electron chi connectivity index (χ1n) is 18.7. The van der Waals surface area contributed by atoms with Gasteiger partial charge in [0.2, 0.25) is 5.91 Å². The van der Waals surface area contributed by atoms with E-state index in [1.807, 2.05) is 48.5 Å². The molecule has 2 heterocycles. The first kappa shape index (κ1) is 40.9. The van der Waals surface area contributed by atoms with Gasteiger partial charge in [0.1, 0.15) is 11.6 Å². The normalized spacial score (nSPS) is 18.0. The summed E-state index contributed by atoms with van der Waals surface area (Å²) in [5.74, 6) is 0.0636. The van der Waals surface area contributed by atoms with E-state index in [1.54, 1.807) is 45.7 Å². The average molecular weight is 740 g/mol. The lowest BCUT2D eigenvalue weighted by Crippen LogP contribution is -2.54. The van der Waals surface area contributed by atoms with Crippen LogP contribution in [0.1, 0.15) is 91.0 Å². The topological polar surface area (TPSA) is 159 Å². The molecule has 0 radical (unpaired) electrons. The highest BCUT2D eigenvalue weighted by Crippen LogP contribution is 2.29. The van der Waals surface area contributed by atoms with Crippen molar-refractivity contribution in [2.75, 3.05) is 18.8 Å². The second-order valence-corrected chi connectivity index (χ2v) is 16.0. The molecular formula is C39H57N5O7S. The number of nitrogens with one attached hydrogen (secondary N) is 3. The van der Waals surface area contributed by atoms with Crippen molar-refractivity contribution in [1.82, 2.24) is 25.8 Å². The number of piperidine rings is 1. The predicted molar refractivity (Wildman–Crippen MR) is 201 cm³/mol. The van der Waals surface area contributed by atoms with Crippen LogP contribution in [0, 0.1) is 5.92 Å². The molecule has 4 atom stereocenters. The molecule has 0 spiro atoms. The highest BCUT2D eigenvalue weighted by atomic mass is 32.2. The van der Waals surface area contributed by atoms with Gasteiger partial charge >= 0.3 is 12.2 Å². The number of likely N-dealkylation sites (tertiary alicyclic amines) is 1. The van der Waals surface area contributed by atoms with E-state index in [2.05, 4.69) is 20.9 Å². The Morgan fingerprint density at radius 2 is 1.63 bits per heavy atom. The third kappa shape index (κ3) is 14.3. The van der Waals surface area contributed by atoms with E-state index in [4.69, 9.17) is 9.47 Å². The van der Waals surface area contributed by atoms with Crippen LogP contribution in [0.4, 0.5) is 9.59 Å². The average Bonchev–Trinajstić information content (AvgIpc) is 3.11. The van der Waals surface area contributed by atoms with E-state index in [0.29, 0.717) is 50.4 Å². The molecule has 4 N–H and O–H groups in total. The number of carbonyl (C=O) groups excluding carboxylic acids is 4. The molecule has 286 valence electrons. The van der Waals surface area contributed by atoms with Crippen molar-refractivity contribution in [2.45, 2.75) is 133 Å². The highest BCUT2D eigenvalue weighted by molar-refractivity contribution is 7.99. The van der Waals surface area contributed by atoms with Gasteiger partial charge in [-0.2, -0.15) is 0 Å². The fraction of sp³-hybridized carbons (Fsp3) is 0.615. The Morgan fingerprint density at radius 3 is 2.29 bits per heavy atom. The van der Waals surface area contributed by atoms with E-state index in [-0.39, 0.29) is 12.5 Å². The lowest BCUT2D eigenvalue weighted by Gasteiger charge is -2.33. The molecule has 1 saturated heterocycles. The third-order valence-electron chi connectivity index (χ3n) is 9.43. The molecule has 1 aromatic carbocycles. The summed E-state index contributed by atoms with van der Waals surface area (Å²) in [5, 5.41) is 20.8. The minimum atomic E-state index is -1.19. The van der Waals surface area contributed by atoms with Crippen molar-refractivity contribution in [1.29, 1.82) is 0 Å². The Morgan fingerprint density at radius 1 is 0.942 bits per heavy atom. The maximum atomic E-state index is 13.7. The van der Waals surface area contributed by atoms with Crippen molar-refractivity contribution in [3.05, 3.63) is 60.3 Å². The van der Waals surface area contributed by atoms with E-state index in [0.717, 1.165) is 36.3 Å². The number of hydrogen-bond donors (Lipinski definition) is 4. The number of alkyl carbamates (subject to hydrolysis) is 1. The van der Waals surface area contributed by atoms with E-state index in [9.17, 15) is 24.3 Å². The van der Waals surface area contributed by atoms with Crippen LogP contribution in [0.5, 0.6) is 0 Å². The van der Waals surface area contributed by atoms with E-state index in [1.165, 1.54) is 11.3 Å². The lowest BCUT2D eigenvalue weighted by molar-refractivity contribution is -0.134. The fourth-order valence-corrected chi connectivity index (χ4v) is 7.46. The number of benzene rings is 1. The summed E-state index contributed by atoms with van der Waals surface area (Å²) in [6.07, 6.45) is 6.58. The standard InChI is InChI=1S/C39H57N5O7S/c1-27(35(46)43-31(25-28-13-7-5-8-14-28)32(45)20-24-52-34-17-11-12-21-40-34)41-36(47)33(26-29-15-9-6-10-16-29)50-38(49)44-22-18-30(19-23-44)42-37(48)51-39(2,3)4/h6,9-12,15-17,21,27-28,30-33,45H,5,7-8,13-14,18-20,22-26H2,1-4H3,(H,41,47)(H,42,48)(H,43,46)/t27-,31-,32-,33-/m0/s1. The van der Waals surface area contributed by atoms with Gasteiger partial charge < -0.3 is 35.4 Å². The van der Waals surface area contributed by atoms with Gasteiger partial charge in [0.15, 0.2) is 6.10 Å². The number of aliphatic hydroxyl groups is 1. The summed E-state index contributed by atoms with van der Waals surface area (Å²) in [4.78, 5) is 58.6. The molecule has 0 bridgehead atoms. The smallest absolute Gasteiger partial charge is 0.410 e. The second kappa shape index (κ2) is 20.4. The minimum absolute atomic E-state index is 0.125. The molecule has 4 amide bonds. The van der Waals surface area contributed by atoms with Gasteiger partial charge in [0.05, 0.1) is 17.2 Å². The van der Waals surface area contributed by atoms with Gasteiger partial charge in [-0.1, -0.05) is 68.5 Å². The number of thioether (sulfide) groups is 1. The van der Waals surface area contributed by atoms with Crippen LogP contribution in [-0.4, -0.2) is 93.8 Å².